The van der Waals surface area contributed by atoms with Crippen molar-refractivity contribution >= 4 is 11.4 Å². The summed E-state index contributed by atoms with van der Waals surface area (Å²) in [5.41, 5.74) is 0.614. The fourth-order valence-electron chi connectivity index (χ4n) is 1.73. The van der Waals surface area contributed by atoms with Crippen molar-refractivity contribution in [3.8, 4) is 5.69 Å². The molecule has 8 heteroatoms. The number of nitrogens with zero attached hydrogens (tertiary/aromatic N) is 3. The van der Waals surface area contributed by atoms with Crippen LogP contribution in [0.1, 0.15) is 5.56 Å². The van der Waals surface area contributed by atoms with Gasteiger partial charge in [-0.05, 0) is 13.0 Å². The first-order valence-electron chi connectivity index (χ1n) is 5.40. The van der Waals surface area contributed by atoms with Crippen molar-refractivity contribution < 1.29 is 26.8 Å². The molecule has 0 aliphatic rings. The number of hydrogen-bond donors (Lipinski definition) is 0. The molecular weight excluding hydrogens is 286 g/mol. The van der Waals surface area contributed by atoms with Crippen LogP contribution >= 0.6 is 0 Å². The minimum absolute atomic E-state index is 0. The van der Waals surface area contributed by atoms with E-state index < -0.39 is 9.85 Å². The molecule has 20 heavy (non-hydrogen) atoms. The van der Waals surface area contributed by atoms with Gasteiger partial charge in [0.2, 0.25) is 0 Å². The zero-order valence-corrected chi connectivity index (χ0v) is 11.1. The highest BCUT2D eigenvalue weighted by Crippen LogP contribution is 2.24. The number of nitro groups is 2. The Bertz CT molecular complexity index is 676. The molecule has 2 aromatic rings. The van der Waals surface area contributed by atoms with E-state index in [0.717, 1.165) is 11.6 Å². The minimum atomic E-state index is -0.655. The zero-order valence-electron chi connectivity index (χ0n) is 10.4. The van der Waals surface area contributed by atoms with Gasteiger partial charge in [0.25, 0.3) is 11.4 Å². The van der Waals surface area contributed by atoms with E-state index in [9.17, 15) is 20.2 Å². The molecule has 0 aliphatic heterocycles. The van der Waals surface area contributed by atoms with Crippen molar-refractivity contribution in [3.63, 3.8) is 0 Å². The molecule has 104 valence electrons. The Kier molecular flexibility index (Phi) is 4.71. The van der Waals surface area contributed by atoms with Gasteiger partial charge in [0.1, 0.15) is 6.07 Å². The summed E-state index contributed by atoms with van der Waals surface area (Å²) in [5, 5.41) is 21.7. The Balaban J connectivity index is 0.00000200. The molecule has 0 aliphatic carbocycles. The molecule has 0 atom stereocenters. The van der Waals surface area contributed by atoms with Crippen molar-refractivity contribution in [2.24, 2.45) is 0 Å². The van der Waals surface area contributed by atoms with Crippen molar-refractivity contribution in [2.75, 3.05) is 0 Å². The molecule has 0 N–H and O–H groups in total. The maximum atomic E-state index is 11.0. The second-order valence-electron chi connectivity index (χ2n) is 3.98. The molecule has 0 saturated heterocycles. The van der Waals surface area contributed by atoms with Crippen LogP contribution in [0.15, 0.2) is 42.7 Å². The van der Waals surface area contributed by atoms with E-state index in [1.54, 1.807) is 23.0 Å². The minimum Gasteiger partial charge on any atom is -1.00 e. The van der Waals surface area contributed by atoms with E-state index >= 15 is 0 Å². The third-order valence-electron chi connectivity index (χ3n) is 2.59. The number of aromatic nitrogens is 1. The third-order valence-corrected chi connectivity index (χ3v) is 2.59. The van der Waals surface area contributed by atoms with Gasteiger partial charge in [0.15, 0.2) is 12.4 Å². The highest BCUT2D eigenvalue weighted by Gasteiger charge is 2.25. The molecular formula is C12H10ClN3O4. The van der Waals surface area contributed by atoms with Crippen molar-refractivity contribution in [2.45, 2.75) is 6.92 Å². The van der Waals surface area contributed by atoms with Gasteiger partial charge in [-0.2, -0.15) is 4.57 Å². The fourth-order valence-corrected chi connectivity index (χ4v) is 1.73. The molecule has 0 amide bonds. The lowest BCUT2D eigenvalue weighted by molar-refractivity contribution is -0.601. The first-order chi connectivity index (χ1) is 8.99. The number of rotatable bonds is 3. The highest BCUT2D eigenvalue weighted by atomic mass is 35.5. The number of nitro benzene ring substituents is 2. The molecule has 7 nitrogen and oxygen atoms in total. The second-order valence-corrected chi connectivity index (χ2v) is 3.98. The molecule has 1 aromatic carbocycles. The molecule has 0 bridgehead atoms. The lowest BCUT2D eigenvalue weighted by Crippen LogP contribution is -3.00. The van der Waals surface area contributed by atoms with Crippen LogP contribution in [0.3, 0.4) is 0 Å². The Hall–Kier alpha value is -2.54. The van der Waals surface area contributed by atoms with Crippen LogP contribution in [0.25, 0.3) is 5.69 Å². The Morgan fingerprint density at radius 1 is 1.10 bits per heavy atom. The number of benzene rings is 1. The van der Waals surface area contributed by atoms with Crippen LogP contribution in [0.2, 0.25) is 0 Å². The summed E-state index contributed by atoms with van der Waals surface area (Å²) in [6.45, 7) is 1.85. The normalized spacial score (nSPS) is 9.65. The monoisotopic (exact) mass is 295 g/mol. The van der Waals surface area contributed by atoms with Crippen molar-refractivity contribution in [1.29, 1.82) is 0 Å². The Morgan fingerprint density at radius 2 is 1.80 bits per heavy atom. The summed E-state index contributed by atoms with van der Waals surface area (Å²) >= 11 is 0. The van der Waals surface area contributed by atoms with Crippen molar-refractivity contribution in [1.82, 2.24) is 0 Å². The molecule has 0 unspecified atom stereocenters. The number of halogens is 1. The topological polar surface area (TPSA) is 90.2 Å². The molecule has 1 aromatic heterocycles. The van der Waals surface area contributed by atoms with Crippen LogP contribution in [0.4, 0.5) is 11.4 Å². The maximum Gasteiger partial charge on any atom is 0.347 e. The third kappa shape index (κ3) is 3.07. The summed E-state index contributed by atoms with van der Waals surface area (Å²) in [7, 11) is 0. The number of pyridine rings is 1. The zero-order chi connectivity index (χ0) is 14.0. The van der Waals surface area contributed by atoms with E-state index in [1.807, 2.05) is 13.0 Å². The summed E-state index contributed by atoms with van der Waals surface area (Å²) in [6.07, 6.45) is 3.37. The number of hydrogen-bond acceptors (Lipinski definition) is 4. The Labute approximate surface area is 120 Å². The van der Waals surface area contributed by atoms with Gasteiger partial charge in [-0.1, -0.05) is 0 Å². The smallest absolute Gasteiger partial charge is 0.347 e. The maximum absolute atomic E-state index is 11.0. The summed E-state index contributed by atoms with van der Waals surface area (Å²) in [6, 6.07) is 7.19. The summed E-state index contributed by atoms with van der Waals surface area (Å²) in [5.74, 6) is 0. The molecule has 1 heterocycles. The van der Waals surface area contributed by atoms with Crippen LogP contribution in [0, 0.1) is 27.2 Å². The van der Waals surface area contributed by atoms with Crippen LogP contribution in [-0.4, -0.2) is 9.85 Å². The van der Waals surface area contributed by atoms with Crippen LogP contribution in [0.5, 0.6) is 0 Å². The fraction of sp³-hybridized carbons (Fsp3) is 0.0833. The van der Waals surface area contributed by atoms with E-state index in [0.29, 0.717) is 5.69 Å². The predicted octanol–water partition coefficient (Wildman–Crippen LogP) is -0.908. The van der Waals surface area contributed by atoms with E-state index in [-0.39, 0.29) is 23.8 Å². The molecule has 2 rings (SSSR count). The summed E-state index contributed by atoms with van der Waals surface area (Å²) in [4.78, 5) is 20.4. The largest absolute Gasteiger partial charge is 1.00 e. The van der Waals surface area contributed by atoms with E-state index in [4.69, 9.17) is 0 Å². The van der Waals surface area contributed by atoms with Crippen LogP contribution in [-0.2, 0) is 0 Å². The van der Waals surface area contributed by atoms with Gasteiger partial charge in [-0.3, -0.25) is 20.2 Å². The van der Waals surface area contributed by atoms with E-state index in [1.165, 1.54) is 12.1 Å². The van der Waals surface area contributed by atoms with Gasteiger partial charge in [-0.15, -0.1) is 0 Å². The predicted molar refractivity (Wildman–Crippen MR) is 66.0 cm³/mol. The van der Waals surface area contributed by atoms with Gasteiger partial charge in [-0.25, -0.2) is 0 Å². The van der Waals surface area contributed by atoms with E-state index in [2.05, 4.69) is 0 Å². The molecule has 0 radical (unpaired) electrons. The lowest BCUT2D eigenvalue weighted by atomic mass is 10.2. The quantitative estimate of drug-likeness (QED) is 0.416. The van der Waals surface area contributed by atoms with Gasteiger partial charge < -0.3 is 12.4 Å². The van der Waals surface area contributed by atoms with Gasteiger partial charge >= 0.3 is 5.69 Å². The summed E-state index contributed by atoms with van der Waals surface area (Å²) < 4.78 is 1.57. The van der Waals surface area contributed by atoms with Gasteiger partial charge in [0.05, 0.1) is 9.85 Å². The van der Waals surface area contributed by atoms with Crippen molar-refractivity contribution in [3.05, 3.63) is 68.5 Å². The average Bonchev–Trinajstić information content (AvgIpc) is 2.37. The molecule has 0 saturated carbocycles. The molecule has 0 spiro atoms. The van der Waals surface area contributed by atoms with Crippen LogP contribution < -0.4 is 17.0 Å². The Morgan fingerprint density at radius 3 is 2.35 bits per heavy atom. The first kappa shape index (κ1) is 15.5. The standard InChI is InChI=1S/C12H10N3O4.ClH/c1-9-3-2-6-13(8-9)11-5-4-10(14(16)17)7-12(11)15(18)19;/h2-8H,1H3;1H/q+1;/p-1. The number of non-ortho nitro benzene ring substituents is 1. The lowest BCUT2D eigenvalue weighted by Gasteiger charge is -1.98. The second kappa shape index (κ2) is 6.07. The SMILES string of the molecule is Cc1ccc[n+](-c2ccc([N+](=O)[O-])cc2[N+](=O)[O-])c1.[Cl-]. The van der Waals surface area contributed by atoms with Gasteiger partial charge in [0, 0.05) is 23.8 Å². The molecule has 0 fully saturated rings. The first-order valence-corrected chi connectivity index (χ1v) is 5.40. The highest BCUT2D eigenvalue weighted by molar-refractivity contribution is 5.53. The average molecular weight is 296 g/mol. The number of aryl methyl sites for hydroxylation is 1.